The minimum Gasteiger partial charge on any atom is -0.385 e. The minimum atomic E-state index is -0.884. The highest BCUT2D eigenvalue weighted by Crippen LogP contribution is 2.40. The number of hydrogen-bond donors (Lipinski definition) is 1. The highest BCUT2D eigenvalue weighted by Gasteiger charge is 2.31. The maximum atomic E-state index is 10.4. The third-order valence-electron chi connectivity index (χ3n) is 2.98. The lowest BCUT2D eigenvalue weighted by Crippen LogP contribution is -2.22. The van der Waals surface area contributed by atoms with Crippen molar-refractivity contribution in [2.75, 3.05) is 0 Å². The van der Waals surface area contributed by atoms with Gasteiger partial charge in [-0.2, -0.15) is 0 Å². The van der Waals surface area contributed by atoms with Gasteiger partial charge in [0.15, 0.2) is 0 Å². The highest BCUT2D eigenvalue weighted by molar-refractivity contribution is 7.15. The van der Waals surface area contributed by atoms with Gasteiger partial charge < -0.3 is 5.11 Å². The number of nitrogens with zero attached hydrogens (tertiary/aromatic N) is 1. The van der Waals surface area contributed by atoms with Crippen molar-refractivity contribution in [2.24, 2.45) is 0 Å². The van der Waals surface area contributed by atoms with E-state index < -0.39 is 5.60 Å². The van der Waals surface area contributed by atoms with Gasteiger partial charge in [-0.25, -0.2) is 4.98 Å². The van der Waals surface area contributed by atoms with E-state index in [1.165, 1.54) is 0 Å². The fourth-order valence-corrected chi connectivity index (χ4v) is 3.37. The summed E-state index contributed by atoms with van der Waals surface area (Å²) in [5.41, 5.74) is 1.00. The number of halogens is 1. The Kier molecular flexibility index (Phi) is 3.98. The first-order valence-electron chi connectivity index (χ1n) is 6.59. The third-order valence-corrected chi connectivity index (χ3v) is 4.65. The van der Waals surface area contributed by atoms with Gasteiger partial charge in [-0.05, 0) is 26.0 Å². The predicted molar refractivity (Wildman–Crippen MR) is 86.5 cm³/mol. The summed E-state index contributed by atoms with van der Waals surface area (Å²) in [6.45, 7) is 9.96. The molecule has 0 atom stereocenters. The average molecular weight is 310 g/mol. The molecule has 108 valence electrons. The third kappa shape index (κ3) is 3.22. The first kappa shape index (κ1) is 15.5. The van der Waals surface area contributed by atoms with Crippen LogP contribution in [0.2, 0.25) is 5.02 Å². The minimum absolute atomic E-state index is 0.101. The molecule has 0 aliphatic heterocycles. The van der Waals surface area contributed by atoms with Crippen LogP contribution in [0.4, 0.5) is 0 Å². The molecule has 0 saturated carbocycles. The zero-order valence-corrected chi connectivity index (χ0v) is 14.1. The smallest absolute Gasteiger partial charge is 0.124 e. The van der Waals surface area contributed by atoms with E-state index in [-0.39, 0.29) is 5.41 Å². The molecule has 0 aliphatic carbocycles. The van der Waals surface area contributed by atoms with Gasteiger partial charge >= 0.3 is 0 Å². The predicted octanol–water partition coefficient (Wildman–Crippen LogP) is 4.99. The monoisotopic (exact) mass is 309 g/mol. The molecule has 2 rings (SSSR count). The normalized spacial score (nSPS) is 12.8. The number of benzene rings is 1. The van der Waals surface area contributed by atoms with E-state index in [2.05, 4.69) is 20.8 Å². The summed E-state index contributed by atoms with van der Waals surface area (Å²) >= 11 is 7.47. The summed E-state index contributed by atoms with van der Waals surface area (Å²) in [6, 6.07) is 7.64. The van der Waals surface area contributed by atoms with Gasteiger partial charge in [0.05, 0.1) is 16.2 Å². The Morgan fingerprint density at radius 1 is 1.05 bits per heavy atom. The average Bonchev–Trinajstić information content (AvgIpc) is 2.74. The van der Waals surface area contributed by atoms with E-state index in [9.17, 15) is 5.11 Å². The Bertz CT molecular complexity index is 571. The number of aromatic nitrogens is 1. The molecule has 0 unspecified atom stereocenters. The second-order valence-corrected chi connectivity index (χ2v) is 7.95. The summed E-state index contributed by atoms with van der Waals surface area (Å²) in [4.78, 5) is 5.69. The van der Waals surface area contributed by atoms with Crippen LogP contribution in [0.5, 0.6) is 0 Å². The summed E-state index contributed by atoms with van der Waals surface area (Å²) in [7, 11) is 0. The fourth-order valence-electron chi connectivity index (χ4n) is 1.96. The standard InChI is InChI=1S/C16H20ClNOS/c1-15(2,3)12-13(16(4,5)19)20-14(18-12)10-6-8-11(17)9-7-10/h6-9,19H,1-5H3. The Balaban J connectivity index is 2.57. The van der Waals surface area contributed by atoms with Gasteiger partial charge in [-0.1, -0.05) is 44.5 Å². The van der Waals surface area contributed by atoms with Crippen LogP contribution in [0.15, 0.2) is 24.3 Å². The molecule has 0 radical (unpaired) electrons. The molecule has 1 aromatic heterocycles. The number of thiazole rings is 1. The number of rotatable bonds is 2. The lowest BCUT2D eigenvalue weighted by molar-refractivity contribution is 0.0803. The zero-order chi connectivity index (χ0) is 15.1. The largest absolute Gasteiger partial charge is 0.385 e. The molecular weight excluding hydrogens is 290 g/mol. The lowest BCUT2D eigenvalue weighted by Gasteiger charge is -2.23. The van der Waals surface area contributed by atoms with Gasteiger partial charge in [0.25, 0.3) is 0 Å². The fraction of sp³-hybridized carbons (Fsp3) is 0.438. The van der Waals surface area contributed by atoms with E-state index in [0.29, 0.717) is 5.02 Å². The van der Waals surface area contributed by atoms with Crippen LogP contribution in [0.3, 0.4) is 0 Å². The van der Waals surface area contributed by atoms with Crippen molar-refractivity contribution < 1.29 is 5.11 Å². The maximum absolute atomic E-state index is 10.4. The van der Waals surface area contributed by atoms with Crippen molar-refractivity contribution in [3.05, 3.63) is 39.9 Å². The summed E-state index contributed by atoms with van der Waals surface area (Å²) in [6.07, 6.45) is 0. The van der Waals surface area contributed by atoms with Crippen LogP contribution in [0.1, 0.15) is 45.2 Å². The van der Waals surface area contributed by atoms with Gasteiger partial charge in [-0.15, -0.1) is 11.3 Å². The molecule has 0 spiro atoms. The molecule has 2 aromatic rings. The van der Waals surface area contributed by atoms with Crippen LogP contribution >= 0.6 is 22.9 Å². The molecule has 0 saturated heterocycles. The molecule has 2 nitrogen and oxygen atoms in total. The van der Waals surface area contributed by atoms with Crippen molar-refractivity contribution in [3.63, 3.8) is 0 Å². The van der Waals surface area contributed by atoms with Crippen LogP contribution in [-0.4, -0.2) is 10.1 Å². The highest BCUT2D eigenvalue weighted by atomic mass is 35.5. The molecule has 1 heterocycles. The van der Waals surface area contributed by atoms with E-state index in [4.69, 9.17) is 16.6 Å². The lowest BCUT2D eigenvalue weighted by atomic mass is 9.88. The van der Waals surface area contributed by atoms with Crippen LogP contribution in [-0.2, 0) is 11.0 Å². The van der Waals surface area contributed by atoms with Gasteiger partial charge in [0.2, 0.25) is 0 Å². The van der Waals surface area contributed by atoms with Crippen LogP contribution in [0.25, 0.3) is 10.6 Å². The molecule has 0 amide bonds. The Morgan fingerprint density at radius 2 is 1.60 bits per heavy atom. The van der Waals surface area contributed by atoms with E-state index >= 15 is 0 Å². The maximum Gasteiger partial charge on any atom is 0.124 e. The first-order valence-corrected chi connectivity index (χ1v) is 7.78. The number of aliphatic hydroxyl groups is 1. The van der Waals surface area contributed by atoms with E-state index in [1.54, 1.807) is 25.2 Å². The Hall–Kier alpha value is -0.900. The van der Waals surface area contributed by atoms with E-state index in [0.717, 1.165) is 21.1 Å². The van der Waals surface area contributed by atoms with Gasteiger partial charge in [0.1, 0.15) is 5.01 Å². The molecule has 20 heavy (non-hydrogen) atoms. The van der Waals surface area contributed by atoms with Crippen molar-refractivity contribution in [2.45, 2.75) is 45.6 Å². The van der Waals surface area contributed by atoms with Crippen molar-refractivity contribution in [3.8, 4) is 10.6 Å². The topological polar surface area (TPSA) is 33.1 Å². The van der Waals surface area contributed by atoms with Crippen molar-refractivity contribution in [1.82, 2.24) is 4.98 Å². The van der Waals surface area contributed by atoms with Gasteiger partial charge in [-0.3, -0.25) is 0 Å². The molecule has 0 bridgehead atoms. The molecular formula is C16H20ClNOS. The molecule has 1 aromatic carbocycles. The molecule has 1 N–H and O–H groups in total. The summed E-state index contributed by atoms with van der Waals surface area (Å²) in [5, 5.41) is 12.0. The SMILES string of the molecule is CC(C)(C)c1nc(-c2ccc(Cl)cc2)sc1C(C)(C)O. The van der Waals surface area contributed by atoms with E-state index in [1.807, 2.05) is 24.3 Å². The van der Waals surface area contributed by atoms with Crippen molar-refractivity contribution in [1.29, 1.82) is 0 Å². The Morgan fingerprint density at radius 3 is 2.00 bits per heavy atom. The second-order valence-electron chi connectivity index (χ2n) is 6.51. The molecule has 0 aliphatic rings. The first-order chi connectivity index (χ1) is 9.09. The van der Waals surface area contributed by atoms with Crippen LogP contribution in [0, 0.1) is 0 Å². The number of hydrogen-bond acceptors (Lipinski definition) is 3. The van der Waals surface area contributed by atoms with Gasteiger partial charge in [0, 0.05) is 16.0 Å². The molecule has 0 fully saturated rings. The van der Waals surface area contributed by atoms with Crippen LogP contribution < -0.4 is 0 Å². The Labute approximate surface area is 129 Å². The molecule has 4 heteroatoms. The summed E-state index contributed by atoms with van der Waals surface area (Å²) in [5.74, 6) is 0. The summed E-state index contributed by atoms with van der Waals surface area (Å²) < 4.78 is 0. The quantitative estimate of drug-likeness (QED) is 0.848. The van der Waals surface area contributed by atoms with Crippen molar-refractivity contribution >= 4 is 22.9 Å². The zero-order valence-electron chi connectivity index (χ0n) is 12.5. The second kappa shape index (κ2) is 5.14.